The van der Waals surface area contributed by atoms with Crippen molar-refractivity contribution < 1.29 is 0 Å². The maximum Gasteiger partial charge on any atom is 0.0455 e. The van der Waals surface area contributed by atoms with E-state index in [1.165, 1.54) is 10.9 Å². The summed E-state index contributed by atoms with van der Waals surface area (Å²) in [5.74, 6) is 0. The number of aryl methyl sites for hydroxylation is 2. The summed E-state index contributed by atoms with van der Waals surface area (Å²) in [6.45, 7) is 4.18. The molecule has 0 bridgehead atoms. The molecule has 1 heterocycles. The number of aromatic amines is 1. The SMILES string of the molecule is Cc1ccc(C)[nH]c2ccccc2cc1. The number of hydrogen-bond acceptors (Lipinski definition) is 0. The van der Waals surface area contributed by atoms with Crippen molar-refractivity contribution in [3.05, 3.63) is 59.8 Å². The molecule has 0 unspecified atom stereocenters. The minimum absolute atomic E-state index is 1.16. The summed E-state index contributed by atoms with van der Waals surface area (Å²) < 4.78 is 0. The maximum absolute atomic E-state index is 3.39. The minimum atomic E-state index is 1.16. The van der Waals surface area contributed by atoms with Crippen molar-refractivity contribution in [1.82, 2.24) is 4.98 Å². The van der Waals surface area contributed by atoms with E-state index in [2.05, 4.69) is 61.3 Å². The molecule has 1 aromatic carbocycles. The fourth-order valence-electron chi connectivity index (χ4n) is 1.54. The smallest absolute Gasteiger partial charge is 0.0455 e. The molecule has 2 rings (SSSR count). The van der Waals surface area contributed by atoms with Gasteiger partial charge in [0, 0.05) is 11.2 Å². The van der Waals surface area contributed by atoms with Crippen LogP contribution in [-0.4, -0.2) is 4.98 Å². The third kappa shape index (κ3) is 2.38. The van der Waals surface area contributed by atoms with Gasteiger partial charge in [-0.15, -0.1) is 0 Å². The van der Waals surface area contributed by atoms with Gasteiger partial charge in [-0.2, -0.15) is 0 Å². The average molecular weight is 197 g/mol. The Morgan fingerprint density at radius 3 is 2.40 bits per heavy atom. The van der Waals surface area contributed by atoms with Gasteiger partial charge < -0.3 is 4.98 Å². The van der Waals surface area contributed by atoms with Gasteiger partial charge in [0.2, 0.25) is 0 Å². The fraction of sp³-hybridized carbons (Fsp3) is 0.143. The molecule has 0 spiro atoms. The van der Waals surface area contributed by atoms with Crippen molar-refractivity contribution >= 4 is 10.9 Å². The van der Waals surface area contributed by atoms with Crippen LogP contribution < -0.4 is 0 Å². The second-order valence-corrected chi connectivity index (χ2v) is 3.81. The first-order chi connectivity index (χ1) is 7.25. The molecule has 0 aliphatic rings. The number of benzene rings is 1. The number of aromatic nitrogens is 1. The number of nitrogens with one attached hydrogen (secondary N) is 1. The van der Waals surface area contributed by atoms with Crippen LogP contribution in [0.25, 0.3) is 10.9 Å². The molecule has 0 aliphatic carbocycles. The van der Waals surface area contributed by atoms with Crippen molar-refractivity contribution in [3.63, 3.8) is 0 Å². The normalized spacial score (nSPS) is 10.0. The molecule has 1 aromatic heterocycles. The van der Waals surface area contributed by atoms with E-state index in [1.54, 1.807) is 0 Å². The van der Waals surface area contributed by atoms with Crippen molar-refractivity contribution in [2.24, 2.45) is 0 Å². The van der Waals surface area contributed by atoms with Gasteiger partial charge in [-0.1, -0.05) is 42.0 Å². The van der Waals surface area contributed by atoms with Gasteiger partial charge in [0.1, 0.15) is 0 Å². The van der Waals surface area contributed by atoms with Gasteiger partial charge >= 0.3 is 0 Å². The Morgan fingerprint density at radius 1 is 0.800 bits per heavy atom. The van der Waals surface area contributed by atoms with Crippen molar-refractivity contribution in [1.29, 1.82) is 0 Å². The first-order valence-corrected chi connectivity index (χ1v) is 5.15. The summed E-state index contributed by atoms with van der Waals surface area (Å²) in [6.07, 6.45) is 0. The third-order valence-electron chi connectivity index (χ3n) is 2.41. The number of H-pyrrole nitrogens is 1. The van der Waals surface area contributed by atoms with Crippen LogP contribution in [0.15, 0.2) is 48.5 Å². The lowest BCUT2D eigenvalue weighted by atomic mass is 10.2. The Bertz CT molecular complexity index is 522. The summed E-state index contributed by atoms with van der Waals surface area (Å²) in [6, 6.07) is 16.8. The van der Waals surface area contributed by atoms with Crippen LogP contribution in [0.1, 0.15) is 11.3 Å². The Hall–Kier alpha value is -1.76. The van der Waals surface area contributed by atoms with Crippen LogP contribution in [0, 0.1) is 13.8 Å². The van der Waals surface area contributed by atoms with Crippen molar-refractivity contribution in [2.75, 3.05) is 0 Å². The topological polar surface area (TPSA) is 15.8 Å². The second-order valence-electron chi connectivity index (χ2n) is 3.81. The van der Waals surface area contributed by atoms with E-state index < -0.39 is 0 Å². The zero-order valence-corrected chi connectivity index (χ0v) is 9.12. The number of hydrogen-bond donors (Lipinski definition) is 1. The highest BCUT2D eigenvalue weighted by Gasteiger charge is 1.87. The van der Waals surface area contributed by atoms with Crippen molar-refractivity contribution in [2.45, 2.75) is 13.8 Å². The number of para-hydroxylation sites is 1. The van der Waals surface area contributed by atoms with E-state index in [9.17, 15) is 0 Å². The lowest BCUT2D eigenvalue weighted by Gasteiger charge is -1.93. The lowest BCUT2D eigenvalue weighted by molar-refractivity contribution is 1.26. The van der Waals surface area contributed by atoms with E-state index in [1.807, 2.05) is 6.07 Å². The zero-order chi connectivity index (χ0) is 10.7. The predicted molar refractivity (Wildman–Crippen MR) is 65.4 cm³/mol. The summed E-state index contributed by atoms with van der Waals surface area (Å²) in [5, 5.41) is 1.22. The quantitative estimate of drug-likeness (QED) is 0.659. The summed E-state index contributed by atoms with van der Waals surface area (Å²) >= 11 is 0. The molecule has 1 N–H and O–H groups in total. The van der Waals surface area contributed by atoms with Crippen LogP contribution in [0.5, 0.6) is 0 Å². The highest BCUT2D eigenvalue weighted by molar-refractivity contribution is 5.77. The monoisotopic (exact) mass is 197 g/mol. The first-order valence-electron chi connectivity index (χ1n) is 5.15. The van der Waals surface area contributed by atoms with Crippen LogP contribution in [0.4, 0.5) is 0 Å². The first kappa shape index (κ1) is 9.78. The molecular weight excluding hydrogens is 182 g/mol. The van der Waals surface area contributed by atoms with Crippen LogP contribution in [0.2, 0.25) is 0 Å². The molecule has 15 heavy (non-hydrogen) atoms. The Kier molecular flexibility index (Phi) is 2.72. The molecule has 2 aromatic rings. The Morgan fingerprint density at radius 2 is 1.53 bits per heavy atom. The second kappa shape index (κ2) is 4.18. The molecule has 0 saturated carbocycles. The van der Waals surface area contributed by atoms with Gasteiger partial charge in [0.15, 0.2) is 0 Å². The van der Waals surface area contributed by atoms with Crippen LogP contribution in [0.3, 0.4) is 0 Å². The highest BCUT2D eigenvalue weighted by atomic mass is 14.7. The van der Waals surface area contributed by atoms with Crippen LogP contribution >= 0.6 is 0 Å². The number of rotatable bonds is 0. The third-order valence-corrected chi connectivity index (χ3v) is 2.41. The predicted octanol–water partition coefficient (Wildman–Crippen LogP) is 3.91. The molecule has 0 saturated heterocycles. The molecule has 0 radical (unpaired) electrons. The summed E-state index contributed by atoms with van der Waals surface area (Å²) in [7, 11) is 0. The van der Waals surface area contributed by atoms with Gasteiger partial charge in [0.05, 0.1) is 0 Å². The van der Waals surface area contributed by atoms with Gasteiger partial charge in [-0.3, -0.25) is 0 Å². The standard InChI is InChI=1S/C14H15N/c1-11-7-9-12(2)15-14-6-4-3-5-13(14)10-8-11/h3-10,15H,1-2H3. The van der Waals surface area contributed by atoms with Crippen molar-refractivity contribution in [3.8, 4) is 0 Å². The molecule has 0 amide bonds. The summed E-state index contributed by atoms with van der Waals surface area (Å²) in [5.41, 5.74) is 3.57. The molecule has 0 atom stereocenters. The lowest BCUT2D eigenvalue weighted by Crippen LogP contribution is -1.75. The highest BCUT2D eigenvalue weighted by Crippen LogP contribution is 2.09. The molecule has 1 heteroatoms. The van der Waals surface area contributed by atoms with Crippen LogP contribution in [-0.2, 0) is 0 Å². The Balaban J connectivity index is 2.87. The Labute approximate surface area is 90.1 Å². The van der Waals surface area contributed by atoms with E-state index >= 15 is 0 Å². The zero-order valence-electron chi connectivity index (χ0n) is 9.12. The van der Waals surface area contributed by atoms with E-state index in [0.29, 0.717) is 0 Å². The van der Waals surface area contributed by atoms with E-state index in [-0.39, 0.29) is 0 Å². The van der Waals surface area contributed by atoms with Gasteiger partial charge in [-0.05, 0) is 31.4 Å². The number of fused-ring (bicyclic) bond motifs is 1. The fourth-order valence-corrected chi connectivity index (χ4v) is 1.54. The maximum atomic E-state index is 3.39. The molecule has 1 nitrogen and oxygen atoms in total. The molecule has 0 fully saturated rings. The minimum Gasteiger partial charge on any atom is -0.359 e. The molecule has 76 valence electrons. The van der Waals surface area contributed by atoms with E-state index in [4.69, 9.17) is 0 Å². The molecular formula is C14H15N. The van der Waals surface area contributed by atoms with E-state index in [0.717, 1.165) is 11.2 Å². The largest absolute Gasteiger partial charge is 0.359 e. The molecule has 0 aliphatic heterocycles. The van der Waals surface area contributed by atoms with Gasteiger partial charge in [-0.25, -0.2) is 0 Å². The summed E-state index contributed by atoms with van der Waals surface area (Å²) in [4.78, 5) is 3.39. The average Bonchev–Trinajstić information content (AvgIpc) is 2.30. The van der Waals surface area contributed by atoms with Gasteiger partial charge in [0.25, 0.3) is 0 Å².